The summed E-state index contributed by atoms with van der Waals surface area (Å²) in [6, 6.07) is 0.405. The van der Waals surface area contributed by atoms with Gasteiger partial charge in [0.2, 0.25) is 10.0 Å². The van der Waals surface area contributed by atoms with Crippen LogP contribution in [-0.4, -0.2) is 54.5 Å². The number of hydrogen-bond donors (Lipinski definition) is 2. The number of rotatable bonds is 4. The standard InChI is InChI=1S/C12H17N3O5S/c1-13-21(19,20)8-6-10(14(2)7-8)11(16)15-5-3-4-9(15)12(17)18/h6-7,9,13H,3-5H2,1-2H3,(H,17,18)/t9-/m0/s1. The van der Waals surface area contributed by atoms with E-state index < -0.39 is 27.9 Å². The second kappa shape index (κ2) is 5.49. The van der Waals surface area contributed by atoms with E-state index in [0.717, 1.165) is 0 Å². The lowest BCUT2D eigenvalue weighted by Gasteiger charge is -2.21. The molecule has 1 atom stereocenters. The largest absolute Gasteiger partial charge is 0.480 e. The Kier molecular flexibility index (Phi) is 4.06. The molecule has 9 heteroatoms. The van der Waals surface area contributed by atoms with Crippen LogP contribution >= 0.6 is 0 Å². The SMILES string of the molecule is CNS(=O)(=O)c1cc(C(=O)N2CCC[C@H]2C(=O)O)n(C)c1. The first-order valence-corrected chi connectivity index (χ1v) is 7.90. The van der Waals surface area contributed by atoms with Crippen LogP contribution in [0.15, 0.2) is 17.2 Å². The van der Waals surface area contributed by atoms with E-state index in [-0.39, 0.29) is 10.6 Å². The van der Waals surface area contributed by atoms with Gasteiger partial charge in [0.1, 0.15) is 16.6 Å². The Morgan fingerprint density at radius 2 is 2.10 bits per heavy atom. The molecule has 21 heavy (non-hydrogen) atoms. The Morgan fingerprint density at radius 1 is 1.43 bits per heavy atom. The summed E-state index contributed by atoms with van der Waals surface area (Å²) in [4.78, 5) is 24.8. The molecule has 1 aromatic rings. The van der Waals surface area contributed by atoms with Gasteiger partial charge in [0.25, 0.3) is 5.91 Å². The van der Waals surface area contributed by atoms with Crippen LogP contribution in [0.1, 0.15) is 23.3 Å². The molecule has 1 aliphatic rings. The van der Waals surface area contributed by atoms with Gasteiger partial charge in [-0.3, -0.25) is 4.79 Å². The number of aryl methyl sites for hydroxylation is 1. The average Bonchev–Trinajstić information content (AvgIpc) is 3.04. The highest BCUT2D eigenvalue weighted by atomic mass is 32.2. The molecule has 1 amide bonds. The third kappa shape index (κ3) is 2.79. The molecule has 1 aliphatic heterocycles. The highest BCUT2D eigenvalue weighted by molar-refractivity contribution is 7.89. The minimum Gasteiger partial charge on any atom is -0.480 e. The van der Waals surface area contributed by atoms with Crippen molar-refractivity contribution < 1.29 is 23.1 Å². The monoisotopic (exact) mass is 315 g/mol. The molecule has 2 rings (SSSR count). The van der Waals surface area contributed by atoms with Gasteiger partial charge in [-0.25, -0.2) is 17.9 Å². The van der Waals surface area contributed by atoms with Crippen molar-refractivity contribution in [3.63, 3.8) is 0 Å². The second-order valence-electron chi connectivity index (χ2n) is 4.87. The molecule has 2 heterocycles. The van der Waals surface area contributed by atoms with Crippen LogP contribution in [0.2, 0.25) is 0 Å². The zero-order chi connectivity index (χ0) is 15.8. The van der Waals surface area contributed by atoms with E-state index >= 15 is 0 Å². The van der Waals surface area contributed by atoms with Crippen LogP contribution in [0.5, 0.6) is 0 Å². The summed E-state index contributed by atoms with van der Waals surface area (Å²) in [7, 11) is -0.813. The Hall–Kier alpha value is -1.87. The van der Waals surface area contributed by atoms with Crippen molar-refractivity contribution in [3.05, 3.63) is 18.0 Å². The van der Waals surface area contributed by atoms with Crippen molar-refractivity contribution in [1.29, 1.82) is 0 Å². The summed E-state index contributed by atoms with van der Waals surface area (Å²) < 4.78 is 27.0. The second-order valence-corrected chi connectivity index (χ2v) is 6.76. The number of sulfonamides is 1. The van der Waals surface area contributed by atoms with Gasteiger partial charge in [-0.2, -0.15) is 0 Å². The number of aromatic nitrogens is 1. The van der Waals surface area contributed by atoms with Gasteiger partial charge in [0.05, 0.1) is 0 Å². The van der Waals surface area contributed by atoms with Crippen LogP contribution in [0.25, 0.3) is 0 Å². The maximum absolute atomic E-state index is 12.4. The number of carbonyl (C=O) groups excluding carboxylic acids is 1. The number of carbonyl (C=O) groups is 2. The van der Waals surface area contributed by atoms with Crippen LogP contribution in [0, 0.1) is 0 Å². The molecule has 116 valence electrons. The normalized spacial score (nSPS) is 19.0. The van der Waals surface area contributed by atoms with Gasteiger partial charge in [-0.1, -0.05) is 0 Å². The maximum atomic E-state index is 12.4. The van der Waals surface area contributed by atoms with Gasteiger partial charge in [-0.05, 0) is 26.0 Å². The van der Waals surface area contributed by atoms with E-state index in [2.05, 4.69) is 4.72 Å². The van der Waals surface area contributed by atoms with E-state index in [9.17, 15) is 18.0 Å². The Labute approximate surface area is 122 Å². The van der Waals surface area contributed by atoms with Crippen LogP contribution in [0.3, 0.4) is 0 Å². The lowest BCUT2D eigenvalue weighted by Crippen LogP contribution is -2.41. The summed E-state index contributed by atoms with van der Waals surface area (Å²) in [6.07, 6.45) is 2.35. The number of likely N-dealkylation sites (tertiary alicyclic amines) is 1. The van der Waals surface area contributed by atoms with Crippen molar-refractivity contribution >= 4 is 21.9 Å². The van der Waals surface area contributed by atoms with Crippen molar-refractivity contribution in [2.24, 2.45) is 7.05 Å². The van der Waals surface area contributed by atoms with Gasteiger partial charge >= 0.3 is 5.97 Å². The van der Waals surface area contributed by atoms with Crippen molar-refractivity contribution in [3.8, 4) is 0 Å². The molecule has 1 fully saturated rings. The summed E-state index contributed by atoms with van der Waals surface area (Å²) in [5, 5.41) is 9.11. The number of amides is 1. The van der Waals surface area contributed by atoms with E-state index in [1.807, 2.05) is 0 Å². The molecule has 0 bridgehead atoms. The molecular formula is C12H17N3O5S. The average molecular weight is 315 g/mol. The predicted octanol–water partition coefficient (Wildman–Crippen LogP) is -0.378. The molecular weight excluding hydrogens is 298 g/mol. The van der Waals surface area contributed by atoms with Gasteiger partial charge in [-0.15, -0.1) is 0 Å². The molecule has 0 radical (unpaired) electrons. The number of nitrogens with one attached hydrogen (secondary N) is 1. The number of carboxylic acids is 1. The zero-order valence-corrected chi connectivity index (χ0v) is 12.6. The molecule has 8 nitrogen and oxygen atoms in total. The molecule has 0 aromatic carbocycles. The first-order chi connectivity index (χ1) is 9.77. The fourth-order valence-corrected chi connectivity index (χ4v) is 3.22. The van der Waals surface area contributed by atoms with Crippen LogP contribution in [-0.2, 0) is 21.9 Å². The highest BCUT2D eigenvalue weighted by Crippen LogP contribution is 2.22. The molecule has 0 aliphatic carbocycles. The third-order valence-electron chi connectivity index (χ3n) is 3.58. The molecule has 0 spiro atoms. The first-order valence-electron chi connectivity index (χ1n) is 6.41. The lowest BCUT2D eigenvalue weighted by atomic mass is 10.2. The highest BCUT2D eigenvalue weighted by Gasteiger charge is 2.35. The van der Waals surface area contributed by atoms with Gasteiger partial charge in [0.15, 0.2) is 0 Å². The van der Waals surface area contributed by atoms with E-state index in [0.29, 0.717) is 19.4 Å². The Bertz CT molecular complexity index is 679. The predicted molar refractivity (Wildman–Crippen MR) is 73.4 cm³/mol. The van der Waals surface area contributed by atoms with Crippen molar-refractivity contribution in [1.82, 2.24) is 14.2 Å². The quantitative estimate of drug-likeness (QED) is 0.787. The van der Waals surface area contributed by atoms with Crippen LogP contribution in [0.4, 0.5) is 0 Å². The lowest BCUT2D eigenvalue weighted by molar-refractivity contribution is -0.141. The summed E-state index contributed by atoms with van der Waals surface area (Å²) >= 11 is 0. The smallest absolute Gasteiger partial charge is 0.326 e. The molecule has 1 aromatic heterocycles. The van der Waals surface area contributed by atoms with Crippen molar-refractivity contribution in [2.75, 3.05) is 13.6 Å². The Morgan fingerprint density at radius 3 is 2.67 bits per heavy atom. The van der Waals surface area contributed by atoms with E-state index in [1.165, 1.54) is 28.8 Å². The summed E-state index contributed by atoms with van der Waals surface area (Å²) in [6.45, 7) is 0.356. The molecule has 0 saturated carbocycles. The Balaban J connectivity index is 2.34. The minimum absolute atomic E-state index is 0.0260. The number of nitrogens with zero attached hydrogens (tertiary/aromatic N) is 2. The van der Waals surface area contributed by atoms with E-state index in [4.69, 9.17) is 5.11 Å². The number of hydrogen-bond acceptors (Lipinski definition) is 4. The summed E-state index contributed by atoms with van der Waals surface area (Å²) in [5.74, 6) is -1.52. The molecule has 1 saturated heterocycles. The van der Waals surface area contributed by atoms with Gasteiger partial charge in [0, 0.05) is 19.8 Å². The number of carboxylic acid groups (broad SMARTS) is 1. The molecule has 2 N–H and O–H groups in total. The first kappa shape index (κ1) is 15.5. The zero-order valence-electron chi connectivity index (χ0n) is 11.7. The van der Waals surface area contributed by atoms with Gasteiger partial charge < -0.3 is 14.6 Å². The van der Waals surface area contributed by atoms with Crippen molar-refractivity contribution in [2.45, 2.75) is 23.8 Å². The fourth-order valence-electron chi connectivity index (χ4n) is 2.43. The van der Waals surface area contributed by atoms with Crippen LogP contribution < -0.4 is 4.72 Å². The fraction of sp³-hybridized carbons (Fsp3) is 0.500. The number of aliphatic carboxylic acids is 1. The third-order valence-corrected chi connectivity index (χ3v) is 4.96. The minimum atomic E-state index is -3.64. The van der Waals surface area contributed by atoms with E-state index in [1.54, 1.807) is 7.05 Å². The topological polar surface area (TPSA) is 109 Å². The summed E-state index contributed by atoms with van der Waals surface area (Å²) in [5.41, 5.74) is 0.150. The molecule has 0 unspecified atom stereocenters. The maximum Gasteiger partial charge on any atom is 0.326 e.